The molecule has 1 aliphatic rings. The van der Waals surface area contributed by atoms with Gasteiger partial charge in [-0.1, -0.05) is 49.0 Å². The Balaban J connectivity index is 1.83. The summed E-state index contributed by atoms with van der Waals surface area (Å²) in [5.74, 6) is 1.16. The van der Waals surface area contributed by atoms with Crippen LogP contribution in [0.5, 0.6) is 5.88 Å². The Morgan fingerprint density at radius 2 is 1.96 bits per heavy atom. The van der Waals surface area contributed by atoms with E-state index >= 15 is 0 Å². The number of ether oxygens (including phenoxy) is 1. The molecule has 3 aromatic rings. The molecular formula is C19H17N5O3S. The summed E-state index contributed by atoms with van der Waals surface area (Å²) in [4.78, 5) is 15.6. The van der Waals surface area contributed by atoms with Crippen molar-refractivity contribution in [2.45, 2.75) is 24.7 Å². The average Bonchev–Trinajstić information content (AvgIpc) is 2.88. The minimum Gasteiger partial charge on any atom is -0.447 e. The number of para-hydroxylation sites is 2. The number of hydrogen-bond donors (Lipinski definition) is 1. The van der Waals surface area contributed by atoms with Crippen LogP contribution in [0.25, 0.3) is 11.3 Å². The summed E-state index contributed by atoms with van der Waals surface area (Å²) < 4.78 is 6.09. The second-order valence-electron chi connectivity index (χ2n) is 6.10. The van der Waals surface area contributed by atoms with Crippen molar-refractivity contribution in [1.82, 2.24) is 15.2 Å². The fourth-order valence-electron chi connectivity index (χ4n) is 2.92. The summed E-state index contributed by atoms with van der Waals surface area (Å²) in [5, 5.41) is 23.8. The largest absolute Gasteiger partial charge is 0.447 e. The van der Waals surface area contributed by atoms with Gasteiger partial charge in [0.2, 0.25) is 17.3 Å². The van der Waals surface area contributed by atoms with Gasteiger partial charge in [-0.15, -0.1) is 10.2 Å². The third kappa shape index (κ3) is 3.48. The van der Waals surface area contributed by atoms with Crippen molar-refractivity contribution in [2.24, 2.45) is 0 Å². The maximum atomic E-state index is 11.5. The summed E-state index contributed by atoms with van der Waals surface area (Å²) in [6, 6.07) is 14.0. The van der Waals surface area contributed by atoms with Gasteiger partial charge in [-0.05, 0) is 18.6 Å². The van der Waals surface area contributed by atoms with E-state index in [1.807, 2.05) is 24.3 Å². The van der Waals surface area contributed by atoms with Crippen LogP contribution < -0.4 is 10.1 Å². The molecule has 0 radical (unpaired) electrons. The minimum atomic E-state index is -0.787. The Labute approximate surface area is 165 Å². The lowest BCUT2D eigenvalue weighted by Crippen LogP contribution is -2.18. The smallest absolute Gasteiger partial charge is 0.278 e. The van der Waals surface area contributed by atoms with Gasteiger partial charge >= 0.3 is 0 Å². The molecule has 0 fully saturated rings. The molecule has 0 bridgehead atoms. The number of nitro groups is 1. The number of rotatable bonds is 5. The number of aromatic nitrogens is 3. The minimum absolute atomic E-state index is 0.0245. The Morgan fingerprint density at radius 3 is 2.79 bits per heavy atom. The molecule has 8 nitrogen and oxygen atoms in total. The van der Waals surface area contributed by atoms with Gasteiger partial charge in [-0.3, -0.25) is 10.1 Å². The zero-order valence-electron chi connectivity index (χ0n) is 15.0. The molecule has 28 heavy (non-hydrogen) atoms. The zero-order valence-corrected chi connectivity index (χ0v) is 15.8. The number of nitro benzene ring substituents is 1. The summed E-state index contributed by atoms with van der Waals surface area (Å²) in [6.07, 6.45) is 0.194. The first-order valence-electron chi connectivity index (χ1n) is 8.80. The molecule has 1 N–H and O–H groups in total. The van der Waals surface area contributed by atoms with Crippen LogP contribution in [0.15, 0.2) is 53.7 Å². The van der Waals surface area contributed by atoms with E-state index in [0.717, 1.165) is 23.4 Å². The summed E-state index contributed by atoms with van der Waals surface area (Å²) >= 11 is 1.49. The SMILES string of the molecule is CCCSc1nnc2c(n1)OC(c1ccccc1[N+](=O)[O-])Nc1ccccc1-2. The lowest BCUT2D eigenvalue weighted by molar-refractivity contribution is -0.386. The molecule has 0 saturated carbocycles. The molecule has 4 rings (SSSR count). The Kier molecular flexibility index (Phi) is 5.07. The lowest BCUT2D eigenvalue weighted by Gasteiger charge is -2.19. The highest BCUT2D eigenvalue weighted by atomic mass is 32.2. The third-order valence-corrected chi connectivity index (χ3v) is 5.23. The van der Waals surface area contributed by atoms with Crippen LogP contribution in [0, 0.1) is 10.1 Å². The van der Waals surface area contributed by atoms with Gasteiger partial charge in [-0.25, -0.2) is 0 Å². The molecule has 142 valence electrons. The van der Waals surface area contributed by atoms with Crippen LogP contribution in [0.4, 0.5) is 11.4 Å². The van der Waals surface area contributed by atoms with Crippen molar-refractivity contribution in [3.05, 3.63) is 64.2 Å². The van der Waals surface area contributed by atoms with Gasteiger partial charge in [0.15, 0.2) is 5.69 Å². The van der Waals surface area contributed by atoms with Crippen LogP contribution in [-0.4, -0.2) is 25.9 Å². The molecular weight excluding hydrogens is 378 g/mol. The molecule has 1 unspecified atom stereocenters. The van der Waals surface area contributed by atoms with E-state index in [0.29, 0.717) is 22.3 Å². The number of thioether (sulfide) groups is 1. The first-order chi connectivity index (χ1) is 13.7. The molecule has 1 aliphatic heterocycles. The third-order valence-electron chi connectivity index (χ3n) is 4.18. The highest BCUT2D eigenvalue weighted by Gasteiger charge is 2.30. The second-order valence-corrected chi connectivity index (χ2v) is 7.16. The Bertz CT molecular complexity index is 1030. The van der Waals surface area contributed by atoms with E-state index < -0.39 is 11.2 Å². The number of nitrogens with zero attached hydrogens (tertiary/aromatic N) is 4. The summed E-state index contributed by atoms with van der Waals surface area (Å²) in [7, 11) is 0. The van der Waals surface area contributed by atoms with Crippen molar-refractivity contribution < 1.29 is 9.66 Å². The van der Waals surface area contributed by atoms with E-state index in [9.17, 15) is 10.1 Å². The van der Waals surface area contributed by atoms with Crippen molar-refractivity contribution in [3.63, 3.8) is 0 Å². The van der Waals surface area contributed by atoms with E-state index in [1.165, 1.54) is 17.8 Å². The molecule has 0 spiro atoms. The number of anilines is 1. The molecule has 9 heteroatoms. The molecule has 0 saturated heterocycles. The normalized spacial score (nSPS) is 14.8. The zero-order chi connectivity index (χ0) is 19.5. The van der Waals surface area contributed by atoms with Gasteiger partial charge in [0, 0.05) is 23.1 Å². The van der Waals surface area contributed by atoms with E-state index in [4.69, 9.17) is 4.74 Å². The number of hydrogen-bond acceptors (Lipinski definition) is 8. The Morgan fingerprint density at radius 1 is 1.18 bits per heavy atom. The molecule has 1 atom stereocenters. The van der Waals surface area contributed by atoms with Gasteiger partial charge in [-0.2, -0.15) is 4.98 Å². The predicted molar refractivity (Wildman–Crippen MR) is 106 cm³/mol. The molecule has 2 aromatic carbocycles. The molecule has 2 heterocycles. The molecule has 0 aliphatic carbocycles. The molecule has 1 aromatic heterocycles. The summed E-state index contributed by atoms with van der Waals surface area (Å²) in [6.45, 7) is 2.07. The van der Waals surface area contributed by atoms with Gasteiger partial charge in [0.05, 0.1) is 10.5 Å². The van der Waals surface area contributed by atoms with Crippen molar-refractivity contribution in [1.29, 1.82) is 0 Å². The number of nitrogens with one attached hydrogen (secondary N) is 1. The molecule has 0 amide bonds. The fraction of sp³-hybridized carbons (Fsp3) is 0.211. The Hall–Kier alpha value is -3.20. The first kappa shape index (κ1) is 18.2. The monoisotopic (exact) mass is 395 g/mol. The number of benzene rings is 2. The predicted octanol–water partition coefficient (Wildman–Crippen LogP) is 4.45. The van der Waals surface area contributed by atoms with Gasteiger partial charge in [0.1, 0.15) is 0 Å². The second kappa shape index (κ2) is 7.81. The van der Waals surface area contributed by atoms with Crippen LogP contribution in [0.1, 0.15) is 25.1 Å². The van der Waals surface area contributed by atoms with E-state index in [-0.39, 0.29) is 5.69 Å². The summed E-state index contributed by atoms with van der Waals surface area (Å²) in [5.41, 5.74) is 2.42. The highest BCUT2D eigenvalue weighted by molar-refractivity contribution is 7.99. The lowest BCUT2D eigenvalue weighted by atomic mass is 10.1. The van der Waals surface area contributed by atoms with Crippen molar-refractivity contribution in [3.8, 4) is 17.1 Å². The van der Waals surface area contributed by atoms with Gasteiger partial charge in [0.25, 0.3) is 5.69 Å². The fourth-order valence-corrected chi connectivity index (χ4v) is 3.55. The van der Waals surface area contributed by atoms with Crippen LogP contribution in [-0.2, 0) is 0 Å². The maximum Gasteiger partial charge on any atom is 0.278 e. The van der Waals surface area contributed by atoms with Gasteiger partial charge < -0.3 is 10.1 Å². The topological polar surface area (TPSA) is 103 Å². The van der Waals surface area contributed by atoms with Crippen LogP contribution in [0.2, 0.25) is 0 Å². The van der Waals surface area contributed by atoms with Crippen molar-refractivity contribution in [2.75, 3.05) is 11.1 Å². The van der Waals surface area contributed by atoms with E-state index in [2.05, 4.69) is 27.4 Å². The quantitative estimate of drug-likeness (QED) is 0.384. The first-order valence-corrected chi connectivity index (χ1v) is 9.79. The number of fused-ring (bicyclic) bond motifs is 3. The maximum absolute atomic E-state index is 11.5. The van der Waals surface area contributed by atoms with Crippen molar-refractivity contribution >= 4 is 23.1 Å². The van der Waals surface area contributed by atoms with Crippen LogP contribution >= 0.6 is 11.8 Å². The van der Waals surface area contributed by atoms with E-state index in [1.54, 1.807) is 18.2 Å². The highest BCUT2D eigenvalue weighted by Crippen LogP contribution is 2.40. The average molecular weight is 395 g/mol. The standard InChI is InChI=1S/C19H17N5O3S/c1-2-11-28-19-21-18-16(22-23-19)12-7-3-5-9-14(12)20-17(27-18)13-8-4-6-10-15(13)24(25)26/h3-10,17,20H,2,11H2,1H3. The van der Waals surface area contributed by atoms with Crippen LogP contribution in [0.3, 0.4) is 0 Å².